The smallest absolute Gasteiger partial charge is 0.269 e. The number of carbonyl (C=O) groups is 1. The minimum atomic E-state index is -0.179. The average Bonchev–Trinajstić information content (AvgIpc) is 2.95. The van der Waals surface area contributed by atoms with Crippen molar-refractivity contribution in [1.82, 2.24) is 14.3 Å². The molecule has 3 heterocycles. The Kier molecular flexibility index (Phi) is 2.77. The number of aromatic nitrogens is 3. The third kappa shape index (κ3) is 2.09. The van der Waals surface area contributed by atoms with Gasteiger partial charge >= 0.3 is 0 Å². The van der Waals surface area contributed by atoms with E-state index in [9.17, 15) is 4.79 Å². The molecule has 3 aromatic rings. The van der Waals surface area contributed by atoms with Gasteiger partial charge in [0.25, 0.3) is 5.91 Å². The summed E-state index contributed by atoms with van der Waals surface area (Å²) in [6, 6.07) is 3.63. The van der Waals surface area contributed by atoms with Crippen molar-refractivity contribution in [3.05, 3.63) is 35.1 Å². The van der Waals surface area contributed by atoms with Crippen molar-refractivity contribution in [2.24, 2.45) is 0 Å². The highest BCUT2D eigenvalue weighted by Gasteiger charge is 2.11. The maximum Gasteiger partial charge on any atom is 0.269 e. The van der Waals surface area contributed by atoms with Crippen LogP contribution in [0.5, 0.6) is 0 Å². The van der Waals surface area contributed by atoms with Crippen LogP contribution in [0.25, 0.3) is 10.2 Å². The molecule has 0 aliphatic heterocycles. The Balaban J connectivity index is 1.89. The van der Waals surface area contributed by atoms with E-state index in [-0.39, 0.29) is 5.91 Å². The number of thiazole rings is 1. The molecule has 0 atom stereocenters. The molecule has 0 bridgehead atoms. The van der Waals surface area contributed by atoms with Gasteiger partial charge in [0.15, 0.2) is 5.13 Å². The van der Waals surface area contributed by atoms with Crippen molar-refractivity contribution in [2.45, 2.75) is 6.92 Å². The van der Waals surface area contributed by atoms with Gasteiger partial charge in [0.05, 0.1) is 10.9 Å². The monoisotopic (exact) mass is 276 g/mol. The van der Waals surface area contributed by atoms with Crippen molar-refractivity contribution in [3.63, 3.8) is 0 Å². The minimum absolute atomic E-state index is 0.179. The molecule has 0 spiro atoms. The predicted molar refractivity (Wildman–Crippen MR) is 72.2 cm³/mol. The predicted octanol–water partition coefficient (Wildman–Crippen LogP) is 2.71. The van der Waals surface area contributed by atoms with E-state index in [0.29, 0.717) is 10.0 Å². The Morgan fingerprint density at radius 1 is 1.44 bits per heavy atom. The molecule has 0 aliphatic carbocycles. The zero-order valence-electron chi connectivity index (χ0n) is 9.38. The van der Waals surface area contributed by atoms with Crippen LogP contribution >= 0.6 is 22.9 Å². The molecule has 0 saturated carbocycles. The second-order valence-electron chi connectivity index (χ2n) is 3.64. The van der Waals surface area contributed by atoms with E-state index in [1.165, 1.54) is 11.3 Å². The number of anilines is 1. The molecule has 7 heteroatoms. The number of pyridine rings is 1. The number of amides is 1. The van der Waals surface area contributed by atoms with Gasteiger partial charge in [0, 0.05) is 11.9 Å². The Morgan fingerprint density at radius 2 is 2.33 bits per heavy atom. The van der Waals surface area contributed by atoms with Gasteiger partial charge < -0.3 is 0 Å². The molecular weight excluding hydrogens is 268 g/mol. The summed E-state index contributed by atoms with van der Waals surface area (Å²) in [5.74, 6) is -0.179. The zero-order valence-corrected chi connectivity index (χ0v) is 11.0. The Hall–Kier alpha value is -1.86. The first kappa shape index (κ1) is 11.2. The molecule has 90 valence electrons. The minimum Gasteiger partial charge on any atom is -0.297 e. The fraction of sp³-hybridized carbons (Fsp3) is 0.0909. The molecule has 0 radical (unpaired) electrons. The van der Waals surface area contributed by atoms with E-state index in [0.717, 1.165) is 27.4 Å². The first-order valence-electron chi connectivity index (χ1n) is 5.17. The molecule has 0 unspecified atom stereocenters. The highest BCUT2D eigenvalue weighted by molar-refractivity contribution is 7.22. The highest BCUT2D eigenvalue weighted by Crippen LogP contribution is 2.26. The average molecular weight is 276 g/mol. The SMILES string of the molecule is Cc1cc2sc(NC(=O)c3ccns3)nc2cn1. The van der Waals surface area contributed by atoms with E-state index in [1.54, 1.807) is 18.5 Å². The van der Waals surface area contributed by atoms with E-state index in [2.05, 4.69) is 19.7 Å². The van der Waals surface area contributed by atoms with Crippen LogP contribution in [0.1, 0.15) is 15.4 Å². The Labute approximate surface area is 111 Å². The van der Waals surface area contributed by atoms with Crippen molar-refractivity contribution in [3.8, 4) is 0 Å². The van der Waals surface area contributed by atoms with Gasteiger partial charge in [0.2, 0.25) is 0 Å². The van der Waals surface area contributed by atoms with Gasteiger partial charge in [-0.05, 0) is 30.6 Å². The molecule has 0 fully saturated rings. The maximum absolute atomic E-state index is 11.8. The number of rotatable bonds is 2. The molecule has 0 saturated heterocycles. The van der Waals surface area contributed by atoms with Crippen molar-refractivity contribution < 1.29 is 4.79 Å². The molecular formula is C11H8N4OS2. The molecule has 5 nitrogen and oxygen atoms in total. The first-order valence-corrected chi connectivity index (χ1v) is 6.76. The van der Waals surface area contributed by atoms with Gasteiger partial charge in [-0.15, -0.1) is 0 Å². The lowest BCUT2D eigenvalue weighted by molar-refractivity contribution is 0.103. The normalized spacial score (nSPS) is 10.7. The van der Waals surface area contributed by atoms with E-state index < -0.39 is 0 Å². The van der Waals surface area contributed by atoms with Crippen LogP contribution in [0, 0.1) is 6.92 Å². The number of fused-ring (bicyclic) bond motifs is 1. The standard InChI is InChI=1S/C11H8N4OS2/c1-6-4-9-7(5-12-6)14-11(17-9)15-10(16)8-2-3-13-18-8/h2-5H,1H3,(H,14,15,16). The fourth-order valence-electron chi connectivity index (χ4n) is 1.47. The Bertz CT molecular complexity index is 705. The van der Waals surface area contributed by atoms with Crippen LogP contribution in [-0.4, -0.2) is 20.2 Å². The molecule has 1 N–H and O–H groups in total. The highest BCUT2D eigenvalue weighted by atomic mass is 32.1. The molecule has 0 aliphatic rings. The third-order valence-electron chi connectivity index (χ3n) is 2.29. The van der Waals surface area contributed by atoms with Crippen LogP contribution in [0.4, 0.5) is 5.13 Å². The topological polar surface area (TPSA) is 67.8 Å². The van der Waals surface area contributed by atoms with E-state index in [4.69, 9.17) is 0 Å². The van der Waals surface area contributed by atoms with E-state index in [1.807, 2.05) is 13.0 Å². The quantitative estimate of drug-likeness (QED) is 0.781. The summed E-state index contributed by atoms with van der Waals surface area (Å²) >= 11 is 2.60. The number of aryl methyl sites for hydroxylation is 1. The third-order valence-corrected chi connectivity index (χ3v) is 3.97. The zero-order chi connectivity index (χ0) is 12.5. The van der Waals surface area contributed by atoms with Gasteiger partial charge in [-0.2, -0.15) is 0 Å². The summed E-state index contributed by atoms with van der Waals surface area (Å²) in [6.07, 6.45) is 3.31. The molecule has 1 amide bonds. The van der Waals surface area contributed by atoms with Crippen molar-refractivity contribution in [1.29, 1.82) is 0 Å². The Morgan fingerprint density at radius 3 is 3.11 bits per heavy atom. The second kappa shape index (κ2) is 4.43. The molecule has 0 aromatic carbocycles. The lowest BCUT2D eigenvalue weighted by Gasteiger charge is -1.96. The molecule has 3 aromatic heterocycles. The summed E-state index contributed by atoms with van der Waals surface area (Å²) in [4.78, 5) is 20.9. The van der Waals surface area contributed by atoms with Gasteiger partial charge in [-0.25, -0.2) is 9.36 Å². The summed E-state index contributed by atoms with van der Waals surface area (Å²) in [7, 11) is 0. The maximum atomic E-state index is 11.8. The first-order chi connectivity index (χ1) is 8.72. The van der Waals surface area contributed by atoms with Crippen LogP contribution in [0.15, 0.2) is 24.5 Å². The van der Waals surface area contributed by atoms with Gasteiger partial charge in [-0.1, -0.05) is 11.3 Å². The number of nitrogens with one attached hydrogen (secondary N) is 1. The number of nitrogens with zero attached hydrogens (tertiary/aromatic N) is 3. The lowest BCUT2D eigenvalue weighted by atomic mass is 10.4. The molecule has 18 heavy (non-hydrogen) atoms. The summed E-state index contributed by atoms with van der Waals surface area (Å²) < 4.78 is 4.91. The van der Waals surface area contributed by atoms with Crippen LogP contribution in [0.2, 0.25) is 0 Å². The van der Waals surface area contributed by atoms with Crippen LogP contribution in [-0.2, 0) is 0 Å². The fourth-order valence-corrected chi connectivity index (χ4v) is 2.89. The largest absolute Gasteiger partial charge is 0.297 e. The van der Waals surface area contributed by atoms with Gasteiger partial charge in [0.1, 0.15) is 10.4 Å². The number of hydrogen-bond donors (Lipinski definition) is 1. The molecule has 3 rings (SSSR count). The number of hydrogen-bond acceptors (Lipinski definition) is 6. The summed E-state index contributed by atoms with van der Waals surface area (Å²) in [5, 5.41) is 3.34. The second-order valence-corrected chi connectivity index (χ2v) is 5.51. The summed E-state index contributed by atoms with van der Waals surface area (Å²) in [5.41, 5.74) is 1.73. The summed E-state index contributed by atoms with van der Waals surface area (Å²) in [6.45, 7) is 1.93. The lowest BCUT2D eigenvalue weighted by Crippen LogP contribution is -2.09. The van der Waals surface area contributed by atoms with Crippen molar-refractivity contribution in [2.75, 3.05) is 5.32 Å². The van der Waals surface area contributed by atoms with Crippen LogP contribution < -0.4 is 5.32 Å². The van der Waals surface area contributed by atoms with E-state index >= 15 is 0 Å². The number of carbonyl (C=O) groups excluding carboxylic acids is 1. The van der Waals surface area contributed by atoms with Crippen LogP contribution in [0.3, 0.4) is 0 Å². The van der Waals surface area contributed by atoms with Crippen molar-refractivity contribution >= 4 is 44.1 Å². The van der Waals surface area contributed by atoms with Gasteiger partial charge in [-0.3, -0.25) is 15.1 Å².